The van der Waals surface area contributed by atoms with Gasteiger partial charge < -0.3 is 15.4 Å². The van der Waals surface area contributed by atoms with E-state index in [1.165, 1.54) is 17.8 Å². The van der Waals surface area contributed by atoms with Crippen molar-refractivity contribution in [2.45, 2.75) is 37.8 Å². The van der Waals surface area contributed by atoms with Crippen molar-refractivity contribution in [3.63, 3.8) is 0 Å². The summed E-state index contributed by atoms with van der Waals surface area (Å²) >= 11 is 1.37. The van der Waals surface area contributed by atoms with Crippen LogP contribution >= 0.6 is 11.3 Å². The van der Waals surface area contributed by atoms with Gasteiger partial charge in [0.2, 0.25) is 5.91 Å². The Morgan fingerprint density at radius 3 is 2.37 bits per heavy atom. The van der Waals surface area contributed by atoms with Gasteiger partial charge in [0.25, 0.3) is 5.91 Å². The largest absolute Gasteiger partial charge is 0.497 e. The molecular weight excluding hydrogens is 458 g/mol. The smallest absolute Gasteiger partial charge is 0.262 e. The van der Waals surface area contributed by atoms with Gasteiger partial charge in [0.1, 0.15) is 11.8 Å². The first-order chi connectivity index (χ1) is 17.1. The molecule has 6 nitrogen and oxygen atoms in total. The minimum absolute atomic E-state index is 0.0653. The second-order valence-corrected chi connectivity index (χ2v) is 9.77. The van der Waals surface area contributed by atoms with Crippen LogP contribution < -0.4 is 15.4 Å². The fraction of sp³-hybridized carbons (Fsp3) is 0.357. The first-order valence-corrected chi connectivity index (χ1v) is 13.1. The second-order valence-electron chi connectivity index (χ2n) is 8.82. The van der Waals surface area contributed by atoms with Gasteiger partial charge >= 0.3 is 0 Å². The van der Waals surface area contributed by atoms with Gasteiger partial charge in [-0.2, -0.15) is 0 Å². The summed E-state index contributed by atoms with van der Waals surface area (Å²) in [5.41, 5.74) is 2.15. The van der Waals surface area contributed by atoms with E-state index < -0.39 is 6.04 Å². The van der Waals surface area contributed by atoms with Crippen LogP contribution in [0.2, 0.25) is 0 Å². The first kappa shape index (κ1) is 24.9. The number of amides is 2. The van der Waals surface area contributed by atoms with Gasteiger partial charge in [0.15, 0.2) is 0 Å². The minimum atomic E-state index is -0.662. The van der Waals surface area contributed by atoms with E-state index in [0.29, 0.717) is 17.8 Å². The van der Waals surface area contributed by atoms with Crippen LogP contribution in [0.15, 0.2) is 72.1 Å². The number of hydrogen-bond acceptors (Lipinski definition) is 5. The van der Waals surface area contributed by atoms with Crippen molar-refractivity contribution < 1.29 is 14.3 Å². The lowest BCUT2D eigenvalue weighted by Gasteiger charge is -2.35. The highest BCUT2D eigenvalue weighted by Crippen LogP contribution is 2.26. The standard InChI is InChI=1S/C28H33N3O3S/c1-34-23-14-12-22(13-15-23)25(31-16-6-3-7-17-31)20-29-27(32)24(19-21-9-4-2-5-10-21)30-28(33)26-11-8-18-35-26/h2,4-5,8-15,18,24-25H,3,6-7,16-17,19-20H2,1H3,(H,29,32)(H,30,33)/t24-,25+/m0/s1. The number of methoxy groups -OCH3 is 1. The molecule has 3 aromatic rings. The fourth-order valence-electron chi connectivity index (χ4n) is 4.53. The summed E-state index contributed by atoms with van der Waals surface area (Å²) in [5, 5.41) is 7.97. The molecule has 0 aliphatic carbocycles. The Morgan fingerprint density at radius 2 is 1.71 bits per heavy atom. The number of thiophene rings is 1. The molecule has 184 valence electrons. The Bertz CT molecular complexity index is 1060. The summed E-state index contributed by atoms with van der Waals surface area (Å²) < 4.78 is 5.33. The van der Waals surface area contributed by atoms with Crippen molar-refractivity contribution in [2.75, 3.05) is 26.7 Å². The number of likely N-dealkylation sites (tertiary alicyclic amines) is 1. The molecule has 35 heavy (non-hydrogen) atoms. The molecule has 2 heterocycles. The molecule has 0 saturated carbocycles. The van der Waals surface area contributed by atoms with Gasteiger partial charge in [-0.3, -0.25) is 14.5 Å². The Kier molecular flexibility index (Phi) is 8.92. The third-order valence-corrected chi connectivity index (χ3v) is 7.32. The molecule has 2 amide bonds. The molecule has 0 radical (unpaired) electrons. The molecule has 1 aromatic heterocycles. The van der Waals surface area contributed by atoms with Gasteiger partial charge in [0, 0.05) is 13.0 Å². The third kappa shape index (κ3) is 6.93. The van der Waals surface area contributed by atoms with Crippen LogP contribution in [0.3, 0.4) is 0 Å². The number of piperidine rings is 1. The lowest BCUT2D eigenvalue weighted by atomic mass is 10.0. The van der Waals surface area contributed by atoms with Crippen molar-refractivity contribution >= 4 is 23.2 Å². The van der Waals surface area contributed by atoms with Crippen LogP contribution in [0, 0.1) is 0 Å². The molecule has 2 aromatic carbocycles. The zero-order valence-electron chi connectivity index (χ0n) is 20.1. The van der Waals surface area contributed by atoms with Gasteiger partial charge in [-0.1, -0.05) is 55.0 Å². The van der Waals surface area contributed by atoms with E-state index >= 15 is 0 Å². The predicted octanol–water partition coefficient (Wildman–Crippen LogP) is 4.44. The zero-order valence-corrected chi connectivity index (χ0v) is 20.9. The van der Waals surface area contributed by atoms with Crippen molar-refractivity contribution in [2.24, 2.45) is 0 Å². The van der Waals surface area contributed by atoms with Crippen molar-refractivity contribution in [1.82, 2.24) is 15.5 Å². The maximum Gasteiger partial charge on any atom is 0.262 e. The molecule has 1 saturated heterocycles. The normalized spacial score (nSPS) is 15.7. The Morgan fingerprint density at radius 1 is 0.971 bits per heavy atom. The van der Waals surface area contributed by atoms with E-state index in [1.807, 2.05) is 53.9 Å². The molecule has 1 aliphatic heterocycles. The molecule has 1 aliphatic rings. The molecule has 0 bridgehead atoms. The van der Waals surface area contributed by atoms with E-state index in [-0.39, 0.29) is 17.9 Å². The SMILES string of the molecule is COc1ccc([C@@H](CNC(=O)[C@H](Cc2ccccc2)NC(=O)c2cccs2)N2CCCCC2)cc1. The van der Waals surface area contributed by atoms with Gasteiger partial charge in [-0.15, -0.1) is 11.3 Å². The van der Waals surface area contributed by atoms with E-state index in [2.05, 4.69) is 27.7 Å². The van der Waals surface area contributed by atoms with E-state index in [4.69, 9.17) is 4.74 Å². The minimum Gasteiger partial charge on any atom is -0.497 e. The monoisotopic (exact) mass is 491 g/mol. The average molecular weight is 492 g/mol. The van der Waals surface area contributed by atoms with Crippen LogP contribution in [0.4, 0.5) is 0 Å². The molecular formula is C28H33N3O3S. The number of nitrogens with zero attached hydrogens (tertiary/aromatic N) is 1. The summed E-state index contributed by atoms with van der Waals surface area (Å²) in [6.45, 7) is 2.50. The van der Waals surface area contributed by atoms with Crippen LogP contribution in [0.25, 0.3) is 0 Å². The maximum absolute atomic E-state index is 13.4. The third-order valence-electron chi connectivity index (χ3n) is 6.45. The molecule has 2 atom stereocenters. The Labute approximate surface area is 211 Å². The van der Waals surface area contributed by atoms with Crippen LogP contribution in [0.5, 0.6) is 5.75 Å². The van der Waals surface area contributed by atoms with Crippen molar-refractivity contribution in [1.29, 1.82) is 0 Å². The molecule has 0 spiro atoms. The topological polar surface area (TPSA) is 70.7 Å². The van der Waals surface area contributed by atoms with Gasteiger partial charge in [-0.25, -0.2) is 0 Å². The number of carbonyl (C=O) groups is 2. The summed E-state index contributed by atoms with van der Waals surface area (Å²) in [6, 6.07) is 20.9. The molecule has 1 fully saturated rings. The average Bonchev–Trinajstić information content (AvgIpc) is 3.45. The van der Waals surface area contributed by atoms with E-state index in [9.17, 15) is 9.59 Å². The highest BCUT2D eigenvalue weighted by atomic mass is 32.1. The summed E-state index contributed by atoms with van der Waals surface area (Å²) in [4.78, 5) is 29.2. The van der Waals surface area contributed by atoms with Crippen LogP contribution in [0.1, 0.15) is 46.1 Å². The quantitative estimate of drug-likeness (QED) is 0.440. The second kappa shape index (κ2) is 12.5. The van der Waals surface area contributed by atoms with E-state index in [1.54, 1.807) is 13.2 Å². The Hall–Kier alpha value is -3.16. The predicted molar refractivity (Wildman–Crippen MR) is 140 cm³/mol. The maximum atomic E-state index is 13.4. The Balaban J connectivity index is 1.48. The number of ether oxygens (including phenoxy) is 1. The number of benzene rings is 2. The van der Waals surface area contributed by atoms with Crippen molar-refractivity contribution in [3.8, 4) is 5.75 Å². The first-order valence-electron chi connectivity index (χ1n) is 12.2. The molecule has 4 rings (SSSR count). The summed E-state index contributed by atoms with van der Waals surface area (Å²) in [7, 11) is 1.66. The fourth-order valence-corrected chi connectivity index (χ4v) is 5.16. The van der Waals surface area contributed by atoms with Gasteiger partial charge in [0.05, 0.1) is 18.0 Å². The van der Waals surface area contributed by atoms with Crippen LogP contribution in [-0.2, 0) is 11.2 Å². The zero-order chi connectivity index (χ0) is 24.5. The van der Waals surface area contributed by atoms with E-state index in [0.717, 1.165) is 42.8 Å². The van der Waals surface area contributed by atoms with Gasteiger partial charge in [-0.05, 0) is 60.6 Å². The number of hydrogen-bond donors (Lipinski definition) is 2. The highest BCUT2D eigenvalue weighted by molar-refractivity contribution is 7.12. The number of carbonyl (C=O) groups excluding carboxylic acids is 2. The number of rotatable bonds is 10. The number of nitrogens with one attached hydrogen (secondary N) is 2. The molecule has 2 N–H and O–H groups in total. The lowest BCUT2D eigenvalue weighted by Crippen LogP contribution is -2.50. The highest BCUT2D eigenvalue weighted by Gasteiger charge is 2.26. The molecule has 0 unspecified atom stereocenters. The lowest BCUT2D eigenvalue weighted by molar-refractivity contribution is -0.123. The summed E-state index contributed by atoms with van der Waals surface area (Å²) in [5.74, 6) is 0.419. The van der Waals surface area contributed by atoms with Crippen LogP contribution in [-0.4, -0.2) is 49.5 Å². The summed E-state index contributed by atoms with van der Waals surface area (Å²) in [6.07, 6.45) is 4.00. The molecule has 7 heteroatoms. The van der Waals surface area contributed by atoms with Crippen molar-refractivity contribution in [3.05, 3.63) is 88.1 Å².